The van der Waals surface area contributed by atoms with Crippen LogP contribution >= 0.6 is 0 Å². The van der Waals surface area contributed by atoms with Crippen molar-refractivity contribution in [3.63, 3.8) is 0 Å². The van der Waals surface area contributed by atoms with Crippen molar-refractivity contribution >= 4 is 0 Å². The van der Waals surface area contributed by atoms with Gasteiger partial charge in [0.1, 0.15) is 12.4 Å². The van der Waals surface area contributed by atoms with E-state index in [1.807, 2.05) is 24.3 Å². The first-order chi connectivity index (χ1) is 8.74. The van der Waals surface area contributed by atoms with Gasteiger partial charge in [-0.3, -0.25) is 0 Å². The predicted octanol–water partition coefficient (Wildman–Crippen LogP) is 2.56. The molecule has 3 heteroatoms. The van der Waals surface area contributed by atoms with Crippen molar-refractivity contribution in [3.05, 3.63) is 29.8 Å². The molecule has 1 saturated heterocycles. The molecule has 0 aromatic heterocycles. The highest BCUT2D eigenvalue weighted by atomic mass is 16.5. The fraction of sp³-hybridized carbons (Fsp3) is 0.600. The molecule has 18 heavy (non-hydrogen) atoms. The number of aliphatic hydroxyl groups excluding tert-OH is 1. The summed E-state index contributed by atoms with van der Waals surface area (Å²) in [4.78, 5) is 0. The minimum atomic E-state index is -0.299. The molecule has 2 atom stereocenters. The maximum absolute atomic E-state index is 9.30. The molecular weight excluding hydrogens is 228 g/mol. The Morgan fingerprint density at radius 3 is 2.72 bits per heavy atom. The lowest BCUT2D eigenvalue weighted by atomic mass is 10.1. The van der Waals surface area contributed by atoms with Crippen LogP contribution in [-0.2, 0) is 11.2 Å². The van der Waals surface area contributed by atoms with Crippen LogP contribution in [-0.4, -0.2) is 30.5 Å². The number of hydrogen-bond acceptors (Lipinski definition) is 3. The van der Waals surface area contributed by atoms with Gasteiger partial charge < -0.3 is 14.6 Å². The Morgan fingerprint density at radius 1 is 1.33 bits per heavy atom. The number of ether oxygens (including phenoxy) is 2. The lowest BCUT2D eigenvalue weighted by Gasteiger charge is -2.22. The summed E-state index contributed by atoms with van der Waals surface area (Å²) in [6.45, 7) is 3.29. The number of hydrogen-bond donors (Lipinski definition) is 1. The topological polar surface area (TPSA) is 38.7 Å². The van der Waals surface area contributed by atoms with Gasteiger partial charge in [-0.25, -0.2) is 0 Å². The van der Waals surface area contributed by atoms with Gasteiger partial charge in [0, 0.05) is 6.61 Å². The summed E-state index contributed by atoms with van der Waals surface area (Å²) in [5, 5.41) is 9.30. The maximum atomic E-state index is 9.30. The number of benzene rings is 1. The van der Waals surface area contributed by atoms with Gasteiger partial charge in [0.2, 0.25) is 0 Å². The highest BCUT2D eigenvalue weighted by molar-refractivity contribution is 5.27. The van der Waals surface area contributed by atoms with Crippen LogP contribution in [0.2, 0.25) is 0 Å². The van der Waals surface area contributed by atoms with Crippen LogP contribution < -0.4 is 4.74 Å². The SMILES string of the molecule is CC(O)Cc1ccc(OCC2CCCCO2)cc1. The second-order valence-electron chi connectivity index (χ2n) is 5.00. The smallest absolute Gasteiger partial charge is 0.119 e. The van der Waals surface area contributed by atoms with E-state index in [1.165, 1.54) is 12.8 Å². The van der Waals surface area contributed by atoms with Gasteiger partial charge in [0.15, 0.2) is 0 Å². The quantitative estimate of drug-likeness (QED) is 0.873. The van der Waals surface area contributed by atoms with Crippen molar-refractivity contribution in [2.75, 3.05) is 13.2 Å². The molecule has 1 heterocycles. The Balaban J connectivity index is 1.78. The fourth-order valence-electron chi connectivity index (χ4n) is 2.19. The Bertz CT molecular complexity index is 339. The molecule has 0 saturated carbocycles. The minimum absolute atomic E-state index is 0.246. The third kappa shape index (κ3) is 4.31. The van der Waals surface area contributed by atoms with E-state index in [9.17, 15) is 5.11 Å². The molecule has 1 aliphatic heterocycles. The molecule has 0 radical (unpaired) electrons. The molecule has 1 aliphatic rings. The first-order valence-electron chi connectivity index (χ1n) is 6.75. The largest absolute Gasteiger partial charge is 0.491 e. The molecule has 1 fully saturated rings. The summed E-state index contributed by atoms with van der Waals surface area (Å²) in [5.41, 5.74) is 1.13. The number of rotatable bonds is 5. The van der Waals surface area contributed by atoms with E-state index in [0.29, 0.717) is 13.0 Å². The van der Waals surface area contributed by atoms with Crippen molar-refractivity contribution in [2.45, 2.75) is 44.8 Å². The molecule has 0 aliphatic carbocycles. The second-order valence-corrected chi connectivity index (χ2v) is 5.00. The summed E-state index contributed by atoms with van der Waals surface area (Å²) in [6, 6.07) is 7.93. The maximum Gasteiger partial charge on any atom is 0.119 e. The van der Waals surface area contributed by atoms with Crippen molar-refractivity contribution < 1.29 is 14.6 Å². The van der Waals surface area contributed by atoms with Crippen LogP contribution in [0.5, 0.6) is 5.75 Å². The van der Waals surface area contributed by atoms with E-state index in [2.05, 4.69) is 0 Å². The third-order valence-corrected chi connectivity index (χ3v) is 3.16. The molecule has 100 valence electrons. The van der Waals surface area contributed by atoms with Gasteiger partial charge in [0.05, 0.1) is 12.2 Å². The van der Waals surface area contributed by atoms with Crippen molar-refractivity contribution in [2.24, 2.45) is 0 Å². The molecule has 3 nitrogen and oxygen atoms in total. The molecule has 0 bridgehead atoms. The summed E-state index contributed by atoms with van der Waals surface area (Å²) in [6.07, 6.45) is 4.14. The van der Waals surface area contributed by atoms with Crippen molar-refractivity contribution in [3.8, 4) is 5.75 Å². The van der Waals surface area contributed by atoms with Crippen LogP contribution in [0, 0.1) is 0 Å². The molecule has 1 N–H and O–H groups in total. The van der Waals surface area contributed by atoms with Crippen LogP contribution in [0.1, 0.15) is 31.7 Å². The standard InChI is InChI=1S/C15H22O3/c1-12(16)10-13-5-7-14(8-6-13)18-11-15-4-2-3-9-17-15/h5-8,12,15-16H,2-4,9-11H2,1H3. The van der Waals surface area contributed by atoms with Gasteiger partial charge in [0.25, 0.3) is 0 Å². The highest BCUT2D eigenvalue weighted by Crippen LogP contribution is 2.17. The fourth-order valence-corrected chi connectivity index (χ4v) is 2.19. The normalized spacial score (nSPS) is 21.6. The lowest BCUT2D eigenvalue weighted by Crippen LogP contribution is -2.25. The molecule has 1 aromatic carbocycles. The van der Waals surface area contributed by atoms with Crippen LogP contribution in [0.4, 0.5) is 0 Å². The summed E-state index contributed by atoms with van der Waals surface area (Å²) < 4.78 is 11.3. The predicted molar refractivity (Wildman–Crippen MR) is 70.9 cm³/mol. The van der Waals surface area contributed by atoms with E-state index in [4.69, 9.17) is 9.47 Å². The van der Waals surface area contributed by atoms with Gasteiger partial charge in [-0.2, -0.15) is 0 Å². The van der Waals surface area contributed by atoms with E-state index in [1.54, 1.807) is 6.92 Å². The average Bonchev–Trinajstić information content (AvgIpc) is 2.38. The monoisotopic (exact) mass is 250 g/mol. The molecular formula is C15H22O3. The van der Waals surface area contributed by atoms with Gasteiger partial charge in [-0.15, -0.1) is 0 Å². The Kier molecular flexibility index (Phi) is 5.02. The second kappa shape index (κ2) is 6.76. The molecule has 2 unspecified atom stereocenters. The molecule has 0 amide bonds. The summed E-state index contributed by atoms with van der Waals surface area (Å²) >= 11 is 0. The zero-order valence-electron chi connectivity index (χ0n) is 11.0. The minimum Gasteiger partial charge on any atom is -0.491 e. The average molecular weight is 250 g/mol. The lowest BCUT2D eigenvalue weighted by molar-refractivity contribution is -0.0110. The zero-order valence-corrected chi connectivity index (χ0v) is 11.0. The van der Waals surface area contributed by atoms with Gasteiger partial charge in [-0.1, -0.05) is 12.1 Å². The first kappa shape index (κ1) is 13.4. The first-order valence-corrected chi connectivity index (χ1v) is 6.75. The van der Waals surface area contributed by atoms with Crippen molar-refractivity contribution in [1.82, 2.24) is 0 Å². The Morgan fingerprint density at radius 2 is 2.11 bits per heavy atom. The Labute approximate surface area is 109 Å². The van der Waals surface area contributed by atoms with E-state index < -0.39 is 0 Å². The van der Waals surface area contributed by atoms with Crippen molar-refractivity contribution in [1.29, 1.82) is 0 Å². The van der Waals surface area contributed by atoms with Crippen LogP contribution in [0.25, 0.3) is 0 Å². The van der Waals surface area contributed by atoms with E-state index in [-0.39, 0.29) is 12.2 Å². The molecule has 2 rings (SSSR count). The molecule has 1 aromatic rings. The summed E-state index contributed by atoms with van der Waals surface area (Å²) in [7, 11) is 0. The zero-order chi connectivity index (χ0) is 12.8. The Hall–Kier alpha value is -1.06. The molecule has 0 spiro atoms. The highest BCUT2D eigenvalue weighted by Gasteiger charge is 2.14. The van der Waals surface area contributed by atoms with Gasteiger partial charge >= 0.3 is 0 Å². The third-order valence-electron chi connectivity index (χ3n) is 3.16. The van der Waals surface area contributed by atoms with Crippen LogP contribution in [0.3, 0.4) is 0 Å². The van der Waals surface area contributed by atoms with E-state index >= 15 is 0 Å². The van der Waals surface area contributed by atoms with Gasteiger partial charge in [-0.05, 0) is 50.3 Å². The van der Waals surface area contributed by atoms with E-state index in [0.717, 1.165) is 24.3 Å². The number of aliphatic hydroxyl groups is 1. The summed E-state index contributed by atoms with van der Waals surface area (Å²) in [5.74, 6) is 0.874. The van der Waals surface area contributed by atoms with Crippen LogP contribution in [0.15, 0.2) is 24.3 Å².